The quantitative estimate of drug-likeness (QED) is 0.692. The van der Waals surface area contributed by atoms with Crippen LogP contribution in [0.4, 0.5) is 4.39 Å². The minimum absolute atomic E-state index is 0.0313. The van der Waals surface area contributed by atoms with Crippen molar-refractivity contribution in [1.82, 2.24) is 5.32 Å². The predicted molar refractivity (Wildman–Crippen MR) is 86.8 cm³/mol. The number of fused-ring (bicyclic) bond motifs is 1. The SMILES string of the molecule is CNC(c1cccc(F)c1Br)c1csc2ccccc12. The molecule has 4 heteroatoms. The number of halogens is 2. The van der Waals surface area contributed by atoms with Gasteiger partial charge in [-0.15, -0.1) is 11.3 Å². The van der Waals surface area contributed by atoms with Gasteiger partial charge in [-0.2, -0.15) is 0 Å². The van der Waals surface area contributed by atoms with Gasteiger partial charge in [-0.25, -0.2) is 4.39 Å². The lowest BCUT2D eigenvalue weighted by Crippen LogP contribution is -2.18. The van der Waals surface area contributed by atoms with Gasteiger partial charge in [0.1, 0.15) is 5.82 Å². The number of benzene rings is 2. The molecular formula is C16H13BrFNS. The average molecular weight is 350 g/mol. The van der Waals surface area contributed by atoms with E-state index in [1.165, 1.54) is 21.7 Å². The molecule has 0 radical (unpaired) electrons. The van der Waals surface area contributed by atoms with E-state index in [0.29, 0.717) is 4.47 Å². The zero-order valence-electron chi connectivity index (χ0n) is 10.9. The van der Waals surface area contributed by atoms with E-state index >= 15 is 0 Å². The maximum atomic E-state index is 13.8. The first kappa shape index (κ1) is 13.7. The molecule has 2 aromatic carbocycles. The number of nitrogens with one attached hydrogen (secondary N) is 1. The zero-order valence-corrected chi connectivity index (χ0v) is 13.3. The van der Waals surface area contributed by atoms with E-state index in [2.05, 4.69) is 38.8 Å². The fraction of sp³-hybridized carbons (Fsp3) is 0.125. The number of hydrogen-bond donors (Lipinski definition) is 1. The highest BCUT2D eigenvalue weighted by Gasteiger charge is 2.19. The molecule has 0 saturated heterocycles. The fourth-order valence-corrected chi connectivity index (χ4v) is 3.92. The maximum absolute atomic E-state index is 13.8. The minimum Gasteiger partial charge on any atom is -0.309 e. The molecule has 102 valence electrons. The Morgan fingerprint density at radius 2 is 1.90 bits per heavy atom. The Hall–Kier alpha value is -1.23. The van der Waals surface area contributed by atoms with Crippen molar-refractivity contribution in [3.05, 3.63) is 69.3 Å². The van der Waals surface area contributed by atoms with E-state index in [-0.39, 0.29) is 11.9 Å². The van der Waals surface area contributed by atoms with E-state index < -0.39 is 0 Å². The summed E-state index contributed by atoms with van der Waals surface area (Å²) in [5, 5.41) is 6.65. The molecule has 1 N–H and O–H groups in total. The second-order valence-corrected chi connectivity index (χ2v) is 6.26. The lowest BCUT2D eigenvalue weighted by Gasteiger charge is -2.18. The summed E-state index contributed by atoms with van der Waals surface area (Å²) in [5.41, 5.74) is 2.09. The third-order valence-electron chi connectivity index (χ3n) is 3.40. The van der Waals surface area contributed by atoms with Gasteiger partial charge in [-0.3, -0.25) is 0 Å². The van der Waals surface area contributed by atoms with Crippen LogP contribution in [0.2, 0.25) is 0 Å². The summed E-state index contributed by atoms with van der Waals surface area (Å²) in [5.74, 6) is -0.234. The Morgan fingerprint density at radius 3 is 2.70 bits per heavy atom. The van der Waals surface area contributed by atoms with Crippen molar-refractivity contribution < 1.29 is 4.39 Å². The molecule has 1 aromatic heterocycles. The molecule has 0 saturated carbocycles. The summed E-state index contributed by atoms with van der Waals surface area (Å²) in [6, 6.07) is 13.4. The molecule has 20 heavy (non-hydrogen) atoms. The summed E-state index contributed by atoms with van der Waals surface area (Å²) >= 11 is 5.07. The van der Waals surface area contributed by atoms with Crippen molar-refractivity contribution in [3.63, 3.8) is 0 Å². The third kappa shape index (κ3) is 2.28. The van der Waals surface area contributed by atoms with Gasteiger partial charge in [0.15, 0.2) is 0 Å². The van der Waals surface area contributed by atoms with Crippen molar-refractivity contribution in [2.45, 2.75) is 6.04 Å². The second-order valence-electron chi connectivity index (χ2n) is 4.55. The third-order valence-corrected chi connectivity index (χ3v) is 5.22. The monoisotopic (exact) mass is 349 g/mol. The predicted octanol–water partition coefficient (Wildman–Crippen LogP) is 5.11. The largest absolute Gasteiger partial charge is 0.309 e. The highest BCUT2D eigenvalue weighted by molar-refractivity contribution is 9.10. The van der Waals surface area contributed by atoms with Crippen molar-refractivity contribution in [3.8, 4) is 0 Å². The normalized spacial score (nSPS) is 12.8. The molecule has 3 rings (SSSR count). The number of hydrogen-bond acceptors (Lipinski definition) is 2. The van der Waals surface area contributed by atoms with Crippen LogP contribution in [0.3, 0.4) is 0 Å². The molecule has 3 aromatic rings. The second kappa shape index (κ2) is 5.64. The van der Waals surface area contributed by atoms with Crippen LogP contribution in [0.5, 0.6) is 0 Å². The van der Waals surface area contributed by atoms with Crippen LogP contribution in [0.25, 0.3) is 10.1 Å². The molecule has 1 nitrogen and oxygen atoms in total. The summed E-state index contributed by atoms with van der Waals surface area (Å²) in [6.45, 7) is 0. The topological polar surface area (TPSA) is 12.0 Å². The van der Waals surface area contributed by atoms with E-state index in [1.54, 1.807) is 17.4 Å². The molecule has 0 amide bonds. The Kier molecular flexibility index (Phi) is 3.87. The molecule has 0 fully saturated rings. The zero-order chi connectivity index (χ0) is 14.1. The Bertz CT molecular complexity index is 753. The van der Waals surface area contributed by atoms with Gasteiger partial charge in [0.05, 0.1) is 10.5 Å². The van der Waals surface area contributed by atoms with Gasteiger partial charge in [0.25, 0.3) is 0 Å². The van der Waals surface area contributed by atoms with Crippen molar-refractivity contribution in [1.29, 1.82) is 0 Å². The Morgan fingerprint density at radius 1 is 1.10 bits per heavy atom. The van der Waals surface area contributed by atoms with Crippen LogP contribution in [-0.4, -0.2) is 7.05 Å². The molecule has 1 heterocycles. The standard InChI is InChI=1S/C16H13BrFNS/c1-19-16(11-6-4-7-13(18)15(11)17)12-9-20-14-8-3-2-5-10(12)14/h2-9,16,19H,1H3. The smallest absolute Gasteiger partial charge is 0.137 e. The van der Waals surface area contributed by atoms with Crippen LogP contribution < -0.4 is 5.32 Å². The fourth-order valence-electron chi connectivity index (χ4n) is 2.44. The van der Waals surface area contributed by atoms with Crippen LogP contribution in [0.1, 0.15) is 17.2 Å². The lowest BCUT2D eigenvalue weighted by molar-refractivity contribution is 0.609. The molecule has 0 spiro atoms. The molecule has 1 atom stereocenters. The van der Waals surface area contributed by atoms with Gasteiger partial charge in [0.2, 0.25) is 0 Å². The van der Waals surface area contributed by atoms with Crippen molar-refractivity contribution in [2.24, 2.45) is 0 Å². The Labute approximate surface area is 129 Å². The first-order valence-electron chi connectivity index (χ1n) is 6.29. The molecule has 0 bridgehead atoms. The van der Waals surface area contributed by atoms with E-state index in [1.807, 2.05) is 25.2 Å². The first-order chi connectivity index (χ1) is 9.72. The van der Waals surface area contributed by atoms with E-state index in [0.717, 1.165) is 5.56 Å². The minimum atomic E-state index is -0.234. The van der Waals surface area contributed by atoms with Crippen LogP contribution >= 0.6 is 27.3 Å². The van der Waals surface area contributed by atoms with Gasteiger partial charge in [-0.05, 0) is 57.0 Å². The Balaban J connectivity index is 2.17. The molecule has 0 aliphatic heterocycles. The van der Waals surface area contributed by atoms with Gasteiger partial charge < -0.3 is 5.32 Å². The molecule has 1 unspecified atom stereocenters. The summed E-state index contributed by atoms with van der Waals surface area (Å²) in [6.07, 6.45) is 0. The average Bonchev–Trinajstić information content (AvgIpc) is 2.88. The summed E-state index contributed by atoms with van der Waals surface area (Å²) in [4.78, 5) is 0. The van der Waals surface area contributed by atoms with E-state index in [9.17, 15) is 4.39 Å². The van der Waals surface area contributed by atoms with E-state index in [4.69, 9.17) is 0 Å². The molecular weight excluding hydrogens is 337 g/mol. The van der Waals surface area contributed by atoms with Crippen molar-refractivity contribution >= 4 is 37.4 Å². The number of thiophene rings is 1. The maximum Gasteiger partial charge on any atom is 0.137 e. The van der Waals surface area contributed by atoms with Gasteiger partial charge in [0, 0.05) is 4.70 Å². The van der Waals surface area contributed by atoms with Gasteiger partial charge in [-0.1, -0.05) is 30.3 Å². The summed E-state index contributed by atoms with van der Waals surface area (Å²) in [7, 11) is 1.90. The number of rotatable bonds is 3. The van der Waals surface area contributed by atoms with Crippen LogP contribution in [-0.2, 0) is 0 Å². The summed E-state index contributed by atoms with van der Waals surface area (Å²) < 4.78 is 15.5. The van der Waals surface area contributed by atoms with Crippen molar-refractivity contribution in [2.75, 3.05) is 7.05 Å². The highest BCUT2D eigenvalue weighted by Crippen LogP contribution is 2.36. The van der Waals surface area contributed by atoms with Crippen LogP contribution in [0.15, 0.2) is 52.3 Å². The van der Waals surface area contributed by atoms with Crippen LogP contribution in [0, 0.1) is 5.82 Å². The lowest BCUT2D eigenvalue weighted by atomic mass is 9.98. The van der Waals surface area contributed by atoms with Gasteiger partial charge >= 0.3 is 0 Å². The molecule has 0 aliphatic rings. The highest BCUT2D eigenvalue weighted by atomic mass is 79.9. The first-order valence-corrected chi connectivity index (χ1v) is 7.97. The molecule has 0 aliphatic carbocycles.